The van der Waals surface area contributed by atoms with Crippen LogP contribution in [-0.2, 0) is 9.53 Å². The first-order chi connectivity index (χ1) is 10.0. The van der Waals surface area contributed by atoms with Crippen LogP contribution in [0.15, 0.2) is 18.2 Å². The van der Waals surface area contributed by atoms with Crippen molar-refractivity contribution in [3.8, 4) is 5.75 Å². The van der Waals surface area contributed by atoms with Crippen LogP contribution in [0, 0.1) is 5.82 Å². The standard InChI is InChI=1S/C16H23FO4/c1-3-20-16(19)7-5-4-6-10-21-15-9-8-13(12(2)18)11-14(15)17/h8-9,11-12,18H,3-7,10H2,1-2H3/t12-/m1/s1. The van der Waals surface area contributed by atoms with Gasteiger partial charge in [0.2, 0.25) is 0 Å². The molecule has 0 saturated heterocycles. The molecular formula is C16H23FO4. The number of carbonyl (C=O) groups excluding carboxylic acids is 1. The highest BCUT2D eigenvalue weighted by molar-refractivity contribution is 5.69. The van der Waals surface area contributed by atoms with E-state index in [1.807, 2.05) is 0 Å². The number of aliphatic hydroxyl groups is 1. The van der Waals surface area contributed by atoms with Gasteiger partial charge in [-0.2, -0.15) is 0 Å². The maximum absolute atomic E-state index is 13.7. The maximum Gasteiger partial charge on any atom is 0.305 e. The van der Waals surface area contributed by atoms with Crippen LogP contribution in [0.25, 0.3) is 0 Å². The van der Waals surface area contributed by atoms with Gasteiger partial charge in [-0.05, 0) is 50.8 Å². The molecule has 4 nitrogen and oxygen atoms in total. The Balaban J connectivity index is 2.22. The lowest BCUT2D eigenvalue weighted by molar-refractivity contribution is -0.143. The van der Waals surface area contributed by atoms with Crippen molar-refractivity contribution >= 4 is 5.97 Å². The molecule has 0 aliphatic rings. The van der Waals surface area contributed by atoms with Crippen molar-refractivity contribution in [3.05, 3.63) is 29.6 Å². The Morgan fingerprint density at radius 1 is 1.33 bits per heavy atom. The quantitative estimate of drug-likeness (QED) is 0.561. The summed E-state index contributed by atoms with van der Waals surface area (Å²) in [5, 5.41) is 9.35. The first kappa shape index (κ1) is 17.4. The Labute approximate surface area is 124 Å². The normalized spacial score (nSPS) is 12.0. The van der Waals surface area contributed by atoms with Crippen LogP contribution in [0.3, 0.4) is 0 Å². The van der Waals surface area contributed by atoms with Crippen LogP contribution in [0.4, 0.5) is 4.39 Å². The molecule has 1 atom stereocenters. The zero-order valence-corrected chi connectivity index (χ0v) is 12.6. The molecular weight excluding hydrogens is 275 g/mol. The van der Waals surface area contributed by atoms with Crippen molar-refractivity contribution in [2.45, 2.75) is 45.6 Å². The number of ether oxygens (including phenoxy) is 2. The van der Waals surface area contributed by atoms with E-state index in [2.05, 4.69) is 0 Å². The zero-order chi connectivity index (χ0) is 15.7. The Bertz CT molecular complexity index is 446. The van der Waals surface area contributed by atoms with Gasteiger partial charge in [-0.1, -0.05) is 6.07 Å². The highest BCUT2D eigenvalue weighted by Gasteiger charge is 2.08. The third kappa shape index (κ3) is 6.58. The fourth-order valence-electron chi connectivity index (χ4n) is 1.86. The molecule has 1 N–H and O–H groups in total. The molecule has 0 radical (unpaired) electrons. The minimum absolute atomic E-state index is 0.182. The summed E-state index contributed by atoms with van der Waals surface area (Å²) in [6.45, 7) is 4.17. The number of esters is 1. The van der Waals surface area contributed by atoms with E-state index in [-0.39, 0.29) is 11.7 Å². The maximum atomic E-state index is 13.7. The van der Waals surface area contributed by atoms with Crippen LogP contribution in [-0.4, -0.2) is 24.3 Å². The van der Waals surface area contributed by atoms with Crippen LogP contribution >= 0.6 is 0 Å². The second kappa shape index (κ2) is 9.34. The van der Waals surface area contributed by atoms with E-state index in [9.17, 15) is 14.3 Å². The molecule has 0 fully saturated rings. The number of hydrogen-bond acceptors (Lipinski definition) is 4. The van der Waals surface area contributed by atoms with Gasteiger partial charge in [0.05, 0.1) is 19.3 Å². The number of hydrogen-bond donors (Lipinski definition) is 1. The Morgan fingerprint density at radius 2 is 2.10 bits per heavy atom. The number of benzene rings is 1. The van der Waals surface area contributed by atoms with Crippen molar-refractivity contribution in [1.82, 2.24) is 0 Å². The summed E-state index contributed by atoms with van der Waals surface area (Å²) < 4.78 is 23.9. The van der Waals surface area contributed by atoms with Gasteiger partial charge >= 0.3 is 5.97 Å². The van der Waals surface area contributed by atoms with E-state index in [0.717, 1.165) is 19.3 Å². The van der Waals surface area contributed by atoms with E-state index in [1.165, 1.54) is 12.1 Å². The summed E-state index contributed by atoms with van der Waals surface area (Å²) in [4.78, 5) is 11.1. The molecule has 21 heavy (non-hydrogen) atoms. The van der Waals surface area contributed by atoms with Gasteiger partial charge in [0.1, 0.15) is 0 Å². The van der Waals surface area contributed by atoms with Crippen molar-refractivity contribution in [2.75, 3.05) is 13.2 Å². The first-order valence-electron chi connectivity index (χ1n) is 7.30. The van der Waals surface area contributed by atoms with Gasteiger partial charge in [-0.25, -0.2) is 4.39 Å². The number of aliphatic hydroxyl groups excluding tert-OH is 1. The molecule has 0 aliphatic carbocycles. The fourth-order valence-corrected chi connectivity index (χ4v) is 1.86. The van der Waals surface area contributed by atoms with Gasteiger partial charge in [0.25, 0.3) is 0 Å². The minimum atomic E-state index is -0.698. The highest BCUT2D eigenvalue weighted by Crippen LogP contribution is 2.22. The van der Waals surface area contributed by atoms with E-state index in [1.54, 1.807) is 19.9 Å². The molecule has 0 spiro atoms. The molecule has 0 aliphatic heterocycles. The Morgan fingerprint density at radius 3 is 2.71 bits per heavy atom. The number of rotatable bonds is 9. The predicted molar refractivity (Wildman–Crippen MR) is 77.6 cm³/mol. The largest absolute Gasteiger partial charge is 0.491 e. The zero-order valence-electron chi connectivity index (χ0n) is 12.6. The molecule has 5 heteroatoms. The van der Waals surface area contributed by atoms with Crippen LogP contribution in [0.5, 0.6) is 5.75 Å². The summed E-state index contributed by atoms with van der Waals surface area (Å²) in [6.07, 6.45) is 2.02. The SMILES string of the molecule is CCOC(=O)CCCCCOc1ccc([C@@H](C)O)cc1F. The molecule has 0 bridgehead atoms. The van der Waals surface area contributed by atoms with Gasteiger partial charge < -0.3 is 14.6 Å². The molecule has 1 aromatic carbocycles. The molecule has 0 saturated carbocycles. The van der Waals surface area contributed by atoms with Gasteiger partial charge in [-0.3, -0.25) is 4.79 Å². The number of halogens is 1. The molecule has 1 aromatic rings. The predicted octanol–water partition coefficient (Wildman–Crippen LogP) is 3.38. The molecule has 0 aromatic heterocycles. The highest BCUT2D eigenvalue weighted by atomic mass is 19.1. The van der Waals surface area contributed by atoms with Crippen molar-refractivity contribution < 1.29 is 23.8 Å². The Hall–Kier alpha value is -1.62. The first-order valence-corrected chi connectivity index (χ1v) is 7.30. The molecule has 0 unspecified atom stereocenters. The molecule has 0 heterocycles. The summed E-state index contributed by atoms with van der Waals surface area (Å²) in [6, 6.07) is 4.45. The van der Waals surface area contributed by atoms with Crippen LogP contribution in [0.1, 0.15) is 51.2 Å². The van der Waals surface area contributed by atoms with E-state index < -0.39 is 11.9 Å². The Kier molecular flexibility index (Phi) is 7.75. The van der Waals surface area contributed by atoms with Crippen molar-refractivity contribution in [1.29, 1.82) is 0 Å². The van der Waals surface area contributed by atoms with Gasteiger partial charge in [-0.15, -0.1) is 0 Å². The van der Waals surface area contributed by atoms with Gasteiger partial charge in [0.15, 0.2) is 11.6 Å². The molecule has 118 valence electrons. The van der Waals surface area contributed by atoms with E-state index >= 15 is 0 Å². The average molecular weight is 298 g/mol. The summed E-state index contributed by atoms with van der Waals surface area (Å²) in [5.74, 6) is -0.470. The number of unbranched alkanes of at least 4 members (excludes halogenated alkanes) is 2. The average Bonchev–Trinajstić information content (AvgIpc) is 2.44. The van der Waals surface area contributed by atoms with Crippen LogP contribution in [0.2, 0.25) is 0 Å². The lowest BCUT2D eigenvalue weighted by Gasteiger charge is -2.10. The topological polar surface area (TPSA) is 55.8 Å². The van der Waals surface area contributed by atoms with Crippen molar-refractivity contribution in [2.24, 2.45) is 0 Å². The summed E-state index contributed by atoms with van der Waals surface area (Å²) >= 11 is 0. The van der Waals surface area contributed by atoms with Crippen molar-refractivity contribution in [3.63, 3.8) is 0 Å². The monoisotopic (exact) mass is 298 g/mol. The minimum Gasteiger partial charge on any atom is -0.491 e. The summed E-state index contributed by atoms with van der Waals surface area (Å²) in [5.41, 5.74) is 0.522. The smallest absolute Gasteiger partial charge is 0.305 e. The molecule has 1 rings (SSSR count). The van der Waals surface area contributed by atoms with E-state index in [4.69, 9.17) is 9.47 Å². The lowest BCUT2D eigenvalue weighted by Crippen LogP contribution is -2.04. The third-order valence-corrected chi connectivity index (χ3v) is 3.03. The fraction of sp³-hybridized carbons (Fsp3) is 0.562. The summed E-state index contributed by atoms with van der Waals surface area (Å²) in [7, 11) is 0. The molecule has 0 amide bonds. The second-order valence-electron chi connectivity index (χ2n) is 4.83. The van der Waals surface area contributed by atoms with Crippen LogP contribution < -0.4 is 4.74 Å². The van der Waals surface area contributed by atoms with Gasteiger partial charge in [0, 0.05) is 6.42 Å². The third-order valence-electron chi connectivity index (χ3n) is 3.03. The second-order valence-corrected chi connectivity index (χ2v) is 4.83. The number of carbonyl (C=O) groups is 1. The lowest BCUT2D eigenvalue weighted by atomic mass is 10.1. The van der Waals surface area contributed by atoms with E-state index in [0.29, 0.717) is 25.2 Å².